The van der Waals surface area contributed by atoms with Crippen molar-refractivity contribution in [1.82, 2.24) is 5.43 Å². The van der Waals surface area contributed by atoms with Crippen LogP contribution in [0, 0.1) is 0 Å². The Balaban J connectivity index is 2.05. The van der Waals surface area contributed by atoms with Crippen molar-refractivity contribution in [2.24, 2.45) is 5.10 Å². The number of nitrogens with one attached hydrogen (secondary N) is 1. The van der Waals surface area contributed by atoms with E-state index in [1.54, 1.807) is 35.8 Å². The van der Waals surface area contributed by atoms with E-state index < -0.39 is 0 Å². The van der Waals surface area contributed by atoms with Gasteiger partial charge in [0.25, 0.3) is 5.91 Å². The third kappa shape index (κ3) is 3.93. The van der Waals surface area contributed by atoms with Gasteiger partial charge in [-0.2, -0.15) is 5.10 Å². The summed E-state index contributed by atoms with van der Waals surface area (Å²) in [6.07, 6.45) is 1.63. The predicted octanol–water partition coefficient (Wildman–Crippen LogP) is 3.30. The standard InChI is InChI=1S/C15H16N2O2S/c1-11(2)19-14-8-4-3-7-13(14)15(18)17-16-10-12-6-5-9-20-12/h3-11H,1-2H3,(H,17,18)/b16-10-. The molecule has 0 bridgehead atoms. The molecule has 0 radical (unpaired) electrons. The second-order valence-electron chi connectivity index (χ2n) is 4.38. The molecule has 0 fully saturated rings. The molecule has 0 unspecified atom stereocenters. The van der Waals surface area contributed by atoms with Crippen molar-refractivity contribution < 1.29 is 9.53 Å². The van der Waals surface area contributed by atoms with Crippen molar-refractivity contribution in [2.45, 2.75) is 20.0 Å². The molecule has 1 aromatic heterocycles. The summed E-state index contributed by atoms with van der Waals surface area (Å²) in [6, 6.07) is 11.0. The van der Waals surface area contributed by atoms with Gasteiger partial charge in [-0.25, -0.2) is 5.43 Å². The van der Waals surface area contributed by atoms with Gasteiger partial charge in [-0.05, 0) is 37.4 Å². The molecule has 0 aliphatic heterocycles. The lowest BCUT2D eigenvalue weighted by atomic mass is 10.2. The molecule has 0 saturated carbocycles. The van der Waals surface area contributed by atoms with Crippen molar-refractivity contribution in [2.75, 3.05) is 0 Å². The summed E-state index contributed by atoms with van der Waals surface area (Å²) < 4.78 is 5.61. The molecule has 0 atom stereocenters. The zero-order valence-electron chi connectivity index (χ0n) is 11.4. The molecule has 4 nitrogen and oxygen atoms in total. The van der Waals surface area contributed by atoms with Gasteiger partial charge in [0, 0.05) is 4.88 Å². The van der Waals surface area contributed by atoms with E-state index in [0.717, 1.165) is 4.88 Å². The van der Waals surface area contributed by atoms with Gasteiger partial charge < -0.3 is 4.74 Å². The van der Waals surface area contributed by atoms with Crippen LogP contribution in [0.3, 0.4) is 0 Å². The van der Waals surface area contributed by atoms with Crippen LogP contribution in [0.5, 0.6) is 5.75 Å². The number of rotatable bonds is 5. The number of para-hydroxylation sites is 1. The van der Waals surface area contributed by atoms with Crippen LogP contribution in [0.25, 0.3) is 0 Å². The van der Waals surface area contributed by atoms with Crippen molar-refractivity contribution in [1.29, 1.82) is 0 Å². The summed E-state index contributed by atoms with van der Waals surface area (Å²) in [5.74, 6) is 0.278. The molecule has 1 amide bonds. The Morgan fingerprint density at radius 2 is 2.10 bits per heavy atom. The van der Waals surface area contributed by atoms with Gasteiger partial charge in [-0.15, -0.1) is 11.3 Å². The molecule has 0 aliphatic rings. The molecule has 20 heavy (non-hydrogen) atoms. The molecule has 0 aliphatic carbocycles. The fourth-order valence-corrected chi connectivity index (χ4v) is 2.18. The lowest BCUT2D eigenvalue weighted by molar-refractivity contribution is 0.0949. The molecule has 1 aromatic carbocycles. The van der Waals surface area contributed by atoms with E-state index >= 15 is 0 Å². The number of amides is 1. The molecule has 1 N–H and O–H groups in total. The SMILES string of the molecule is CC(C)Oc1ccccc1C(=O)N/N=C\c1cccs1. The normalized spacial score (nSPS) is 10.9. The second-order valence-corrected chi connectivity index (χ2v) is 5.36. The highest BCUT2D eigenvalue weighted by molar-refractivity contribution is 7.11. The number of thiophene rings is 1. The minimum Gasteiger partial charge on any atom is -0.490 e. The van der Waals surface area contributed by atoms with Crippen LogP contribution in [0.15, 0.2) is 46.9 Å². The summed E-state index contributed by atoms with van der Waals surface area (Å²) in [7, 11) is 0. The average Bonchev–Trinajstić information content (AvgIpc) is 2.91. The highest BCUT2D eigenvalue weighted by Crippen LogP contribution is 2.19. The van der Waals surface area contributed by atoms with Gasteiger partial charge in [-0.1, -0.05) is 18.2 Å². The zero-order chi connectivity index (χ0) is 14.4. The number of hydrazone groups is 1. The third-order valence-corrected chi connectivity index (χ3v) is 3.20. The van der Waals surface area contributed by atoms with Crippen molar-refractivity contribution in [3.8, 4) is 5.75 Å². The van der Waals surface area contributed by atoms with Crippen LogP contribution in [0.4, 0.5) is 0 Å². The van der Waals surface area contributed by atoms with Gasteiger partial charge in [0.1, 0.15) is 5.75 Å². The number of carbonyl (C=O) groups is 1. The molecule has 2 rings (SSSR count). The van der Waals surface area contributed by atoms with Crippen LogP contribution in [0.1, 0.15) is 29.1 Å². The van der Waals surface area contributed by atoms with E-state index in [-0.39, 0.29) is 12.0 Å². The first-order valence-electron chi connectivity index (χ1n) is 6.29. The first kappa shape index (κ1) is 14.3. The number of hydrogen-bond donors (Lipinski definition) is 1. The Bertz CT molecular complexity index is 592. The van der Waals surface area contributed by atoms with Gasteiger partial charge >= 0.3 is 0 Å². The molecular formula is C15H16N2O2S. The summed E-state index contributed by atoms with van der Waals surface area (Å²) in [5, 5.41) is 5.89. The number of hydrogen-bond acceptors (Lipinski definition) is 4. The van der Waals surface area contributed by atoms with Crippen LogP contribution in [0.2, 0.25) is 0 Å². The molecule has 0 saturated heterocycles. The second kappa shape index (κ2) is 6.86. The van der Waals surface area contributed by atoms with Crippen molar-refractivity contribution >= 4 is 23.5 Å². The van der Waals surface area contributed by atoms with Crippen molar-refractivity contribution in [3.05, 3.63) is 52.2 Å². The number of ether oxygens (including phenoxy) is 1. The molecule has 0 spiro atoms. The molecular weight excluding hydrogens is 272 g/mol. The smallest absolute Gasteiger partial charge is 0.275 e. The van der Waals surface area contributed by atoms with E-state index in [4.69, 9.17) is 4.74 Å². The molecule has 1 heterocycles. The largest absolute Gasteiger partial charge is 0.490 e. The lowest BCUT2D eigenvalue weighted by Crippen LogP contribution is -2.19. The third-order valence-electron chi connectivity index (χ3n) is 2.40. The van der Waals surface area contributed by atoms with Crippen LogP contribution < -0.4 is 10.2 Å². The Kier molecular flexibility index (Phi) is 4.90. The quantitative estimate of drug-likeness (QED) is 0.678. The van der Waals surface area contributed by atoms with Crippen molar-refractivity contribution in [3.63, 3.8) is 0 Å². The Hall–Kier alpha value is -2.14. The van der Waals surface area contributed by atoms with E-state index in [1.807, 2.05) is 37.4 Å². The summed E-state index contributed by atoms with van der Waals surface area (Å²) in [5.41, 5.74) is 2.98. The maximum absolute atomic E-state index is 12.1. The van der Waals surface area contributed by atoms with Gasteiger partial charge in [0.15, 0.2) is 0 Å². The summed E-state index contributed by atoms with van der Waals surface area (Å²) in [6.45, 7) is 3.84. The maximum Gasteiger partial charge on any atom is 0.275 e. The van der Waals surface area contributed by atoms with E-state index in [1.165, 1.54) is 0 Å². The Morgan fingerprint density at radius 3 is 2.80 bits per heavy atom. The first-order chi connectivity index (χ1) is 9.66. The fourth-order valence-electron chi connectivity index (χ4n) is 1.59. The van der Waals surface area contributed by atoms with Crippen LogP contribution in [-0.4, -0.2) is 18.2 Å². The predicted molar refractivity (Wildman–Crippen MR) is 81.6 cm³/mol. The molecule has 5 heteroatoms. The van der Waals surface area contributed by atoms with Gasteiger partial charge in [0.2, 0.25) is 0 Å². The molecule has 2 aromatic rings. The minimum atomic E-state index is -0.283. The van der Waals surface area contributed by atoms with E-state index in [9.17, 15) is 4.79 Å². The van der Waals surface area contributed by atoms with Gasteiger partial charge in [0.05, 0.1) is 17.9 Å². The first-order valence-corrected chi connectivity index (χ1v) is 7.17. The topological polar surface area (TPSA) is 50.7 Å². The summed E-state index contributed by atoms with van der Waals surface area (Å²) in [4.78, 5) is 13.1. The van der Waals surface area contributed by atoms with Crippen LogP contribution >= 0.6 is 11.3 Å². The lowest BCUT2D eigenvalue weighted by Gasteiger charge is -2.12. The number of benzene rings is 1. The van der Waals surface area contributed by atoms with Crippen LogP contribution in [-0.2, 0) is 0 Å². The maximum atomic E-state index is 12.1. The zero-order valence-corrected chi connectivity index (χ0v) is 12.2. The number of nitrogens with zero attached hydrogens (tertiary/aromatic N) is 1. The minimum absolute atomic E-state index is 0.0126. The highest BCUT2D eigenvalue weighted by atomic mass is 32.1. The summed E-state index contributed by atoms with van der Waals surface area (Å²) >= 11 is 1.56. The fraction of sp³-hybridized carbons (Fsp3) is 0.200. The average molecular weight is 288 g/mol. The number of carbonyl (C=O) groups excluding carboxylic acids is 1. The Morgan fingerprint density at radius 1 is 1.30 bits per heavy atom. The molecule has 104 valence electrons. The monoisotopic (exact) mass is 288 g/mol. The highest BCUT2D eigenvalue weighted by Gasteiger charge is 2.12. The van der Waals surface area contributed by atoms with Gasteiger partial charge in [-0.3, -0.25) is 4.79 Å². The van der Waals surface area contributed by atoms with E-state index in [0.29, 0.717) is 11.3 Å². The van der Waals surface area contributed by atoms with E-state index in [2.05, 4.69) is 10.5 Å². The Labute approximate surface area is 122 Å².